The number of hydrogen-bond donors (Lipinski definition) is 3. The number of nitrogens with two attached hydrogens (primary N) is 1. The Bertz CT molecular complexity index is 569. The van der Waals surface area contributed by atoms with Gasteiger partial charge in [0, 0.05) is 17.6 Å². The minimum atomic E-state index is -0.980. The maximum Gasteiger partial charge on any atom is 0.336 e. The lowest BCUT2D eigenvalue weighted by molar-refractivity contribution is -0.120. The molecule has 5 heteroatoms. The van der Waals surface area contributed by atoms with Crippen LogP contribution >= 0.6 is 0 Å². The fourth-order valence-electron chi connectivity index (χ4n) is 2.86. The van der Waals surface area contributed by atoms with Crippen LogP contribution in [0.3, 0.4) is 0 Å². The molecule has 0 aliphatic heterocycles. The van der Waals surface area contributed by atoms with Crippen LogP contribution in [0.5, 0.6) is 0 Å². The van der Waals surface area contributed by atoms with Crippen LogP contribution in [0.4, 0.5) is 5.69 Å². The van der Waals surface area contributed by atoms with Crippen LogP contribution in [0.15, 0.2) is 12.1 Å². The lowest BCUT2D eigenvalue weighted by atomic mass is 9.85. The number of aromatic carboxylic acids is 1. The molecular weight excluding hydrogens is 268 g/mol. The lowest BCUT2D eigenvalue weighted by Crippen LogP contribution is -2.34. The second-order valence-corrected chi connectivity index (χ2v) is 5.88. The maximum absolute atomic E-state index is 12.3. The monoisotopic (exact) mass is 290 g/mol. The Morgan fingerprint density at radius 2 is 2.00 bits per heavy atom. The number of rotatable bonds is 3. The number of carbonyl (C=O) groups excluding carboxylic acids is 1. The quantitative estimate of drug-likeness (QED) is 0.797. The van der Waals surface area contributed by atoms with Gasteiger partial charge in [-0.2, -0.15) is 0 Å². The molecule has 0 heterocycles. The molecule has 114 valence electrons. The highest BCUT2D eigenvalue weighted by molar-refractivity contribution is 5.96. The molecule has 1 saturated carbocycles. The van der Waals surface area contributed by atoms with Gasteiger partial charge in [0.15, 0.2) is 0 Å². The van der Waals surface area contributed by atoms with Crippen molar-refractivity contribution in [1.82, 2.24) is 0 Å². The van der Waals surface area contributed by atoms with E-state index < -0.39 is 5.97 Å². The van der Waals surface area contributed by atoms with E-state index in [1.54, 1.807) is 6.92 Å². The summed E-state index contributed by atoms with van der Waals surface area (Å²) in [5, 5.41) is 12.0. The number of hydrogen-bond acceptors (Lipinski definition) is 3. The van der Waals surface area contributed by atoms with E-state index in [0.717, 1.165) is 30.4 Å². The molecule has 5 nitrogen and oxygen atoms in total. The zero-order valence-corrected chi connectivity index (χ0v) is 12.5. The second kappa shape index (κ2) is 6.26. The number of amides is 1. The fourth-order valence-corrected chi connectivity index (χ4v) is 2.86. The van der Waals surface area contributed by atoms with Gasteiger partial charge in [-0.25, -0.2) is 4.79 Å². The molecule has 0 aromatic heterocycles. The Hall–Kier alpha value is -1.88. The lowest BCUT2D eigenvalue weighted by Gasteiger charge is -2.25. The summed E-state index contributed by atoms with van der Waals surface area (Å²) in [6.45, 7) is 3.61. The van der Waals surface area contributed by atoms with Gasteiger partial charge in [0.1, 0.15) is 0 Å². The number of aryl methyl sites for hydroxylation is 1. The number of nitrogens with one attached hydrogen (secondary N) is 1. The minimum absolute atomic E-state index is 0.0651. The van der Waals surface area contributed by atoms with Crippen molar-refractivity contribution in [3.8, 4) is 0 Å². The van der Waals surface area contributed by atoms with E-state index >= 15 is 0 Å². The van der Waals surface area contributed by atoms with Crippen molar-refractivity contribution in [3.63, 3.8) is 0 Å². The normalized spacial score (nSPS) is 21.9. The highest BCUT2D eigenvalue weighted by Gasteiger charge is 2.25. The molecule has 21 heavy (non-hydrogen) atoms. The topological polar surface area (TPSA) is 92.4 Å². The summed E-state index contributed by atoms with van der Waals surface area (Å²) >= 11 is 0. The van der Waals surface area contributed by atoms with Gasteiger partial charge in [-0.3, -0.25) is 4.79 Å². The van der Waals surface area contributed by atoms with Crippen LogP contribution in [0.25, 0.3) is 0 Å². The van der Waals surface area contributed by atoms with Gasteiger partial charge >= 0.3 is 5.97 Å². The van der Waals surface area contributed by atoms with Crippen LogP contribution in [0.2, 0.25) is 0 Å². The molecule has 1 aliphatic carbocycles. The van der Waals surface area contributed by atoms with Crippen LogP contribution in [0, 0.1) is 19.8 Å². The SMILES string of the molecule is Cc1cc(NC(=O)C2CCCC(N)C2)cc(C(=O)O)c1C. The third-order valence-electron chi connectivity index (χ3n) is 4.25. The first-order chi connectivity index (χ1) is 9.88. The first-order valence-corrected chi connectivity index (χ1v) is 7.29. The summed E-state index contributed by atoms with van der Waals surface area (Å²) < 4.78 is 0. The number of anilines is 1. The number of benzene rings is 1. The van der Waals surface area contributed by atoms with Gasteiger partial charge in [0.05, 0.1) is 5.56 Å². The van der Waals surface area contributed by atoms with Crippen molar-refractivity contribution < 1.29 is 14.7 Å². The van der Waals surface area contributed by atoms with Crippen molar-refractivity contribution >= 4 is 17.6 Å². The third kappa shape index (κ3) is 3.61. The molecule has 1 aliphatic rings. The highest BCUT2D eigenvalue weighted by Crippen LogP contribution is 2.26. The van der Waals surface area contributed by atoms with Gasteiger partial charge in [-0.05, 0) is 56.4 Å². The number of carbonyl (C=O) groups is 2. The Morgan fingerprint density at radius 3 is 2.62 bits per heavy atom. The van der Waals surface area contributed by atoms with Crippen molar-refractivity contribution in [3.05, 3.63) is 28.8 Å². The molecule has 1 aromatic rings. The number of carboxylic acid groups (broad SMARTS) is 1. The van der Waals surface area contributed by atoms with Gasteiger partial charge < -0.3 is 16.2 Å². The zero-order chi connectivity index (χ0) is 15.6. The molecule has 2 unspecified atom stereocenters. The number of carboxylic acids is 1. The molecule has 1 fully saturated rings. The summed E-state index contributed by atoms with van der Waals surface area (Å²) in [5.74, 6) is -1.13. The van der Waals surface area contributed by atoms with E-state index in [9.17, 15) is 14.7 Å². The Kier molecular flexibility index (Phi) is 4.63. The Labute approximate surface area is 124 Å². The minimum Gasteiger partial charge on any atom is -0.478 e. The second-order valence-electron chi connectivity index (χ2n) is 5.88. The average molecular weight is 290 g/mol. The predicted molar refractivity (Wildman–Crippen MR) is 81.4 cm³/mol. The van der Waals surface area contributed by atoms with Crippen LogP contribution < -0.4 is 11.1 Å². The molecule has 2 atom stereocenters. The van der Waals surface area contributed by atoms with E-state index in [1.807, 2.05) is 13.0 Å². The smallest absolute Gasteiger partial charge is 0.336 e. The maximum atomic E-state index is 12.3. The average Bonchev–Trinajstić information content (AvgIpc) is 2.42. The predicted octanol–water partition coefficient (Wildman–Crippen LogP) is 2.46. The van der Waals surface area contributed by atoms with Crippen LogP contribution in [-0.2, 0) is 4.79 Å². The Morgan fingerprint density at radius 1 is 1.29 bits per heavy atom. The molecule has 4 N–H and O–H groups in total. The molecule has 0 radical (unpaired) electrons. The molecule has 0 saturated heterocycles. The standard InChI is InChI=1S/C16H22N2O3/c1-9-6-13(8-14(10(9)2)16(20)21)18-15(19)11-4-3-5-12(17)7-11/h6,8,11-12H,3-5,7,17H2,1-2H3,(H,18,19)(H,20,21). The fraction of sp³-hybridized carbons (Fsp3) is 0.500. The largest absolute Gasteiger partial charge is 0.478 e. The van der Waals surface area contributed by atoms with E-state index in [1.165, 1.54) is 6.07 Å². The molecular formula is C16H22N2O3. The molecule has 1 aromatic carbocycles. The van der Waals surface area contributed by atoms with Crippen molar-refractivity contribution in [1.29, 1.82) is 0 Å². The van der Waals surface area contributed by atoms with E-state index in [-0.39, 0.29) is 23.4 Å². The molecule has 2 rings (SSSR count). The third-order valence-corrected chi connectivity index (χ3v) is 4.25. The van der Waals surface area contributed by atoms with Gasteiger partial charge in [-0.1, -0.05) is 6.42 Å². The summed E-state index contributed by atoms with van der Waals surface area (Å²) in [7, 11) is 0. The summed E-state index contributed by atoms with van der Waals surface area (Å²) in [6.07, 6.45) is 3.47. The van der Waals surface area contributed by atoms with Gasteiger partial charge in [0.2, 0.25) is 5.91 Å². The van der Waals surface area contributed by atoms with Crippen molar-refractivity contribution in [2.75, 3.05) is 5.32 Å². The summed E-state index contributed by atoms with van der Waals surface area (Å²) in [6, 6.07) is 3.41. The first kappa shape index (κ1) is 15.5. The van der Waals surface area contributed by atoms with Gasteiger partial charge in [0.25, 0.3) is 0 Å². The van der Waals surface area contributed by atoms with Crippen molar-refractivity contribution in [2.24, 2.45) is 11.7 Å². The Balaban J connectivity index is 2.15. The van der Waals surface area contributed by atoms with Gasteiger partial charge in [-0.15, -0.1) is 0 Å². The molecule has 0 spiro atoms. The molecule has 1 amide bonds. The van der Waals surface area contributed by atoms with E-state index in [0.29, 0.717) is 12.1 Å². The zero-order valence-electron chi connectivity index (χ0n) is 12.5. The van der Waals surface area contributed by atoms with Crippen LogP contribution in [0.1, 0.15) is 47.2 Å². The highest BCUT2D eigenvalue weighted by atomic mass is 16.4. The molecule has 0 bridgehead atoms. The van der Waals surface area contributed by atoms with Crippen LogP contribution in [-0.4, -0.2) is 23.0 Å². The summed E-state index contributed by atoms with van der Waals surface area (Å²) in [4.78, 5) is 23.5. The van der Waals surface area contributed by atoms with E-state index in [2.05, 4.69) is 5.32 Å². The summed E-state index contributed by atoms with van der Waals surface area (Å²) in [5.41, 5.74) is 8.25. The van der Waals surface area contributed by atoms with Crippen molar-refractivity contribution in [2.45, 2.75) is 45.6 Å². The first-order valence-electron chi connectivity index (χ1n) is 7.29. The van der Waals surface area contributed by atoms with E-state index in [4.69, 9.17) is 5.73 Å².